The number of rotatable bonds is 1. The standard InChI is InChI=1S/C9H10ClN3/c1-11-9-12-7-4-3-6(10)5-8(7)13(9)2/h3-5H,1-2H3,(H,11,12). The molecule has 1 N–H and O–H groups in total. The van der Waals surface area contributed by atoms with Gasteiger partial charge in [0, 0.05) is 19.1 Å². The van der Waals surface area contributed by atoms with Gasteiger partial charge in [-0.1, -0.05) is 11.6 Å². The summed E-state index contributed by atoms with van der Waals surface area (Å²) in [6.45, 7) is 0. The van der Waals surface area contributed by atoms with Crippen LogP contribution in [0.3, 0.4) is 0 Å². The van der Waals surface area contributed by atoms with Crippen molar-refractivity contribution in [1.29, 1.82) is 0 Å². The van der Waals surface area contributed by atoms with Crippen molar-refractivity contribution < 1.29 is 0 Å². The molecule has 0 aliphatic carbocycles. The average molecular weight is 196 g/mol. The van der Waals surface area contributed by atoms with E-state index in [0.717, 1.165) is 22.0 Å². The number of anilines is 1. The smallest absolute Gasteiger partial charge is 0.203 e. The first-order chi connectivity index (χ1) is 6.22. The second kappa shape index (κ2) is 2.92. The van der Waals surface area contributed by atoms with Crippen LogP contribution in [0.25, 0.3) is 11.0 Å². The van der Waals surface area contributed by atoms with Gasteiger partial charge in [-0.05, 0) is 18.2 Å². The molecule has 0 aliphatic rings. The molecule has 0 unspecified atom stereocenters. The minimum Gasteiger partial charge on any atom is -0.359 e. The predicted molar refractivity (Wildman–Crippen MR) is 55.3 cm³/mol. The number of nitrogens with zero attached hydrogens (tertiary/aromatic N) is 2. The average Bonchev–Trinajstić information content (AvgIpc) is 2.44. The lowest BCUT2D eigenvalue weighted by Crippen LogP contribution is -1.97. The maximum absolute atomic E-state index is 5.88. The number of aromatic nitrogens is 2. The molecule has 68 valence electrons. The van der Waals surface area contributed by atoms with Crippen molar-refractivity contribution in [3.63, 3.8) is 0 Å². The van der Waals surface area contributed by atoms with Crippen LogP contribution in [-0.4, -0.2) is 16.6 Å². The van der Waals surface area contributed by atoms with Crippen molar-refractivity contribution in [1.82, 2.24) is 9.55 Å². The summed E-state index contributed by atoms with van der Waals surface area (Å²) in [5.41, 5.74) is 1.99. The summed E-state index contributed by atoms with van der Waals surface area (Å²) in [7, 11) is 3.81. The highest BCUT2D eigenvalue weighted by atomic mass is 35.5. The Morgan fingerprint density at radius 1 is 1.46 bits per heavy atom. The number of aryl methyl sites for hydroxylation is 1. The number of nitrogens with one attached hydrogen (secondary N) is 1. The molecule has 0 saturated heterocycles. The number of imidazole rings is 1. The molecule has 1 aromatic heterocycles. The van der Waals surface area contributed by atoms with Gasteiger partial charge in [0.1, 0.15) is 0 Å². The second-order valence-corrected chi connectivity index (χ2v) is 3.31. The molecule has 0 aliphatic heterocycles. The number of hydrogen-bond acceptors (Lipinski definition) is 2. The van der Waals surface area contributed by atoms with Gasteiger partial charge in [0.2, 0.25) is 5.95 Å². The zero-order valence-electron chi connectivity index (χ0n) is 7.50. The van der Waals surface area contributed by atoms with E-state index in [1.165, 1.54) is 0 Å². The molecule has 0 fully saturated rings. The van der Waals surface area contributed by atoms with Gasteiger partial charge in [-0.2, -0.15) is 0 Å². The Hall–Kier alpha value is -1.22. The Morgan fingerprint density at radius 2 is 2.23 bits per heavy atom. The van der Waals surface area contributed by atoms with E-state index in [0.29, 0.717) is 0 Å². The zero-order valence-corrected chi connectivity index (χ0v) is 8.26. The van der Waals surface area contributed by atoms with E-state index in [2.05, 4.69) is 10.3 Å². The highest BCUT2D eigenvalue weighted by Gasteiger charge is 2.05. The van der Waals surface area contributed by atoms with Crippen molar-refractivity contribution in [2.45, 2.75) is 0 Å². The molecule has 0 spiro atoms. The molecule has 0 saturated carbocycles. The summed E-state index contributed by atoms with van der Waals surface area (Å²) in [6.07, 6.45) is 0. The van der Waals surface area contributed by atoms with E-state index >= 15 is 0 Å². The molecule has 0 radical (unpaired) electrons. The molecular weight excluding hydrogens is 186 g/mol. The third-order valence-corrected chi connectivity index (χ3v) is 2.30. The van der Waals surface area contributed by atoms with Crippen molar-refractivity contribution in [3.05, 3.63) is 23.2 Å². The number of hydrogen-bond donors (Lipinski definition) is 1. The first-order valence-corrected chi connectivity index (χ1v) is 4.40. The van der Waals surface area contributed by atoms with Gasteiger partial charge < -0.3 is 9.88 Å². The maximum atomic E-state index is 5.88. The van der Waals surface area contributed by atoms with Crippen LogP contribution in [0.1, 0.15) is 0 Å². The third-order valence-electron chi connectivity index (χ3n) is 2.07. The molecular formula is C9H10ClN3. The van der Waals surface area contributed by atoms with Crippen molar-refractivity contribution in [3.8, 4) is 0 Å². The quantitative estimate of drug-likeness (QED) is 0.757. The van der Waals surface area contributed by atoms with Crippen LogP contribution in [0.15, 0.2) is 18.2 Å². The maximum Gasteiger partial charge on any atom is 0.203 e. The number of benzene rings is 1. The molecule has 0 atom stereocenters. The van der Waals surface area contributed by atoms with Crippen molar-refractivity contribution in [2.75, 3.05) is 12.4 Å². The Bertz CT molecular complexity index is 447. The van der Waals surface area contributed by atoms with Gasteiger partial charge in [-0.25, -0.2) is 4.98 Å². The van der Waals surface area contributed by atoms with Crippen LogP contribution >= 0.6 is 11.6 Å². The fraction of sp³-hybridized carbons (Fsp3) is 0.222. The normalized spacial score (nSPS) is 10.7. The Kier molecular flexibility index (Phi) is 1.88. The fourth-order valence-corrected chi connectivity index (χ4v) is 1.55. The zero-order chi connectivity index (χ0) is 9.42. The van der Waals surface area contributed by atoms with Crippen LogP contribution in [0.4, 0.5) is 5.95 Å². The van der Waals surface area contributed by atoms with E-state index < -0.39 is 0 Å². The molecule has 2 aromatic rings. The lowest BCUT2D eigenvalue weighted by molar-refractivity contribution is 0.952. The van der Waals surface area contributed by atoms with Gasteiger partial charge in [0.25, 0.3) is 0 Å². The lowest BCUT2D eigenvalue weighted by atomic mass is 10.3. The van der Waals surface area contributed by atoms with Gasteiger partial charge in [-0.3, -0.25) is 0 Å². The van der Waals surface area contributed by atoms with E-state index in [1.54, 1.807) is 0 Å². The van der Waals surface area contributed by atoms with E-state index in [-0.39, 0.29) is 0 Å². The van der Waals surface area contributed by atoms with Crippen molar-refractivity contribution >= 4 is 28.6 Å². The number of halogens is 1. The van der Waals surface area contributed by atoms with Crippen LogP contribution < -0.4 is 5.32 Å². The molecule has 1 aromatic carbocycles. The summed E-state index contributed by atoms with van der Waals surface area (Å²) in [6, 6.07) is 5.67. The first-order valence-electron chi connectivity index (χ1n) is 4.02. The highest BCUT2D eigenvalue weighted by molar-refractivity contribution is 6.31. The van der Waals surface area contributed by atoms with Crippen LogP contribution in [0, 0.1) is 0 Å². The molecule has 4 heteroatoms. The third kappa shape index (κ3) is 1.25. The van der Waals surface area contributed by atoms with E-state index in [1.807, 2.05) is 36.9 Å². The van der Waals surface area contributed by atoms with Gasteiger partial charge >= 0.3 is 0 Å². The molecule has 13 heavy (non-hydrogen) atoms. The van der Waals surface area contributed by atoms with Crippen LogP contribution in [-0.2, 0) is 7.05 Å². The van der Waals surface area contributed by atoms with Gasteiger partial charge in [0.05, 0.1) is 11.0 Å². The molecule has 2 rings (SSSR count). The summed E-state index contributed by atoms with van der Waals surface area (Å²) >= 11 is 5.88. The van der Waals surface area contributed by atoms with Crippen LogP contribution in [0.2, 0.25) is 5.02 Å². The predicted octanol–water partition coefficient (Wildman–Crippen LogP) is 2.27. The molecule has 0 amide bonds. The first kappa shape index (κ1) is 8.38. The summed E-state index contributed by atoms with van der Waals surface area (Å²) in [5.74, 6) is 0.845. The Balaban J connectivity index is 2.77. The minimum atomic E-state index is 0.734. The van der Waals surface area contributed by atoms with Gasteiger partial charge in [-0.15, -0.1) is 0 Å². The van der Waals surface area contributed by atoms with Crippen LogP contribution in [0.5, 0.6) is 0 Å². The number of fused-ring (bicyclic) bond motifs is 1. The van der Waals surface area contributed by atoms with E-state index in [9.17, 15) is 0 Å². The summed E-state index contributed by atoms with van der Waals surface area (Å²) < 4.78 is 1.97. The largest absolute Gasteiger partial charge is 0.359 e. The topological polar surface area (TPSA) is 29.9 Å². The summed E-state index contributed by atoms with van der Waals surface area (Å²) in [5, 5.41) is 3.75. The molecule has 3 nitrogen and oxygen atoms in total. The second-order valence-electron chi connectivity index (χ2n) is 2.88. The Morgan fingerprint density at radius 3 is 2.92 bits per heavy atom. The molecule has 0 bridgehead atoms. The molecule has 1 heterocycles. The lowest BCUT2D eigenvalue weighted by Gasteiger charge is -1.99. The van der Waals surface area contributed by atoms with Gasteiger partial charge in [0.15, 0.2) is 0 Å². The van der Waals surface area contributed by atoms with E-state index in [4.69, 9.17) is 11.6 Å². The summed E-state index contributed by atoms with van der Waals surface area (Å²) in [4.78, 5) is 4.37. The monoisotopic (exact) mass is 195 g/mol. The Labute approximate surface area is 81.3 Å². The highest BCUT2D eigenvalue weighted by Crippen LogP contribution is 2.21. The van der Waals surface area contributed by atoms with Crippen molar-refractivity contribution in [2.24, 2.45) is 7.05 Å². The fourth-order valence-electron chi connectivity index (χ4n) is 1.39. The minimum absolute atomic E-state index is 0.734. The SMILES string of the molecule is CNc1nc2ccc(Cl)cc2n1C.